The van der Waals surface area contributed by atoms with Crippen molar-refractivity contribution in [3.63, 3.8) is 0 Å². The van der Waals surface area contributed by atoms with E-state index < -0.39 is 11.8 Å². The minimum absolute atomic E-state index is 0.0883. The quantitative estimate of drug-likeness (QED) is 0.864. The van der Waals surface area contributed by atoms with Gasteiger partial charge in [-0.1, -0.05) is 32.0 Å². The Hall–Kier alpha value is -2.36. The lowest BCUT2D eigenvalue weighted by Gasteiger charge is -2.15. The van der Waals surface area contributed by atoms with Crippen molar-refractivity contribution in [2.75, 3.05) is 5.32 Å². The normalized spacial score (nSPS) is 10.7. The fourth-order valence-electron chi connectivity index (χ4n) is 2.20. The molecule has 110 valence electrons. The van der Waals surface area contributed by atoms with Crippen LogP contribution in [0.2, 0.25) is 0 Å². The molecule has 0 aliphatic carbocycles. The van der Waals surface area contributed by atoms with Crippen LogP contribution in [0, 0.1) is 5.82 Å². The average Bonchev–Trinajstić information content (AvgIpc) is 2.46. The summed E-state index contributed by atoms with van der Waals surface area (Å²) in [7, 11) is 0. The zero-order valence-corrected chi connectivity index (χ0v) is 12.1. The standard InChI is InChI=1S/C17H18FNO2/c1-11(2)14-5-3-4-6-16(14)19-10-13-9-12(17(20)21)7-8-15(13)18/h3-9,11,19H,10H2,1-2H3,(H,20,21). The highest BCUT2D eigenvalue weighted by atomic mass is 19.1. The van der Waals surface area contributed by atoms with Crippen LogP contribution in [0.4, 0.5) is 10.1 Å². The van der Waals surface area contributed by atoms with Crippen LogP contribution in [-0.2, 0) is 6.54 Å². The van der Waals surface area contributed by atoms with E-state index in [4.69, 9.17) is 5.11 Å². The summed E-state index contributed by atoms with van der Waals surface area (Å²) in [6, 6.07) is 11.7. The summed E-state index contributed by atoms with van der Waals surface area (Å²) in [5.74, 6) is -1.11. The summed E-state index contributed by atoms with van der Waals surface area (Å²) in [6.45, 7) is 4.43. The summed E-state index contributed by atoms with van der Waals surface area (Å²) in [6.07, 6.45) is 0. The Bertz CT molecular complexity index is 653. The van der Waals surface area contributed by atoms with Crippen LogP contribution in [0.3, 0.4) is 0 Å². The highest BCUT2D eigenvalue weighted by Crippen LogP contribution is 2.24. The van der Waals surface area contributed by atoms with Gasteiger partial charge in [0.15, 0.2) is 0 Å². The molecule has 0 heterocycles. The Morgan fingerprint density at radius 3 is 2.62 bits per heavy atom. The molecule has 0 bridgehead atoms. The maximum atomic E-state index is 13.8. The SMILES string of the molecule is CC(C)c1ccccc1NCc1cc(C(=O)O)ccc1F. The first kappa shape index (κ1) is 15.0. The minimum atomic E-state index is -1.06. The Morgan fingerprint density at radius 2 is 1.95 bits per heavy atom. The first-order chi connectivity index (χ1) is 9.99. The topological polar surface area (TPSA) is 49.3 Å². The van der Waals surface area contributed by atoms with Gasteiger partial charge in [-0.15, -0.1) is 0 Å². The maximum absolute atomic E-state index is 13.8. The number of para-hydroxylation sites is 1. The van der Waals surface area contributed by atoms with E-state index in [9.17, 15) is 9.18 Å². The van der Waals surface area contributed by atoms with Gasteiger partial charge < -0.3 is 10.4 Å². The van der Waals surface area contributed by atoms with Crippen LogP contribution in [0.5, 0.6) is 0 Å². The second kappa shape index (κ2) is 6.39. The number of nitrogens with one attached hydrogen (secondary N) is 1. The third kappa shape index (κ3) is 3.60. The van der Waals surface area contributed by atoms with Gasteiger partial charge in [-0.25, -0.2) is 9.18 Å². The Kier molecular flexibility index (Phi) is 4.58. The summed E-state index contributed by atoms with van der Waals surface area (Å²) >= 11 is 0. The smallest absolute Gasteiger partial charge is 0.335 e. The second-order valence-corrected chi connectivity index (χ2v) is 5.21. The molecule has 0 aromatic heterocycles. The number of aromatic carboxylic acids is 1. The summed E-state index contributed by atoms with van der Waals surface area (Å²) in [5.41, 5.74) is 2.51. The molecular weight excluding hydrogens is 269 g/mol. The fraction of sp³-hybridized carbons (Fsp3) is 0.235. The van der Waals surface area contributed by atoms with Gasteiger partial charge >= 0.3 is 5.97 Å². The molecule has 0 aliphatic heterocycles. The fourth-order valence-corrected chi connectivity index (χ4v) is 2.20. The third-order valence-corrected chi connectivity index (χ3v) is 3.34. The van der Waals surface area contributed by atoms with Crippen molar-refractivity contribution in [3.05, 3.63) is 65.0 Å². The van der Waals surface area contributed by atoms with Gasteiger partial charge in [0.25, 0.3) is 0 Å². The first-order valence-electron chi connectivity index (χ1n) is 6.83. The number of hydrogen-bond donors (Lipinski definition) is 2. The van der Waals surface area contributed by atoms with E-state index in [2.05, 4.69) is 19.2 Å². The van der Waals surface area contributed by atoms with E-state index in [1.165, 1.54) is 18.2 Å². The Labute approximate surface area is 123 Å². The predicted octanol–water partition coefficient (Wildman–Crippen LogP) is 4.26. The molecule has 0 amide bonds. The minimum Gasteiger partial charge on any atom is -0.478 e. The Morgan fingerprint density at radius 1 is 1.24 bits per heavy atom. The highest BCUT2D eigenvalue weighted by molar-refractivity contribution is 5.87. The van der Waals surface area contributed by atoms with Crippen LogP contribution >= 0.6 is 0 Å². The molecule has 0 fully saturated rings. The van der Waals surface area contributed by atoms with E-state index in [0.29, 0.717) is 11.5 Å². The van der Waals surface area contributed by atoms with Gasteiger partial charge in [0.1, 0.15) is 5.82 Å². The van der Waals surface area contributed by atoms with Crippen LogP contribution in [-0.4, -0.2) is 11.1 Å². The van der Waals surface area contributed by atoms with Gasteiger partial charge in [0.2, 0.25) is 0 Å². The molecule has 0 radical (unpaired) electrons. The van der Waals surface area contributed by atoms with Gasteiger partial charge in [0.05, 0.1) is 5.56 Å². The Balaban J connectivity index is 2.20. The summed E-state index contributed by atoms with van der Waals surface area (Å²) < 4.78 is 13.8. The highest BCUT2D eigenvalue weighted by Gasteiger charge is 2.10. The molecule has 0 saturated carbocycles. The monoisotopic (exact) mass is 287 g/mol. The lowest BCUT2D eigenvalue weighted by molar-refractivity contribution is 0.0696. The number of hydrogen-bond acceptors (Lipinski definition) is 2. The van der Waals surface area contributed by atoms with Crippen molar-refractivity contribution in [1.29, 1.82) is 0 Å². The molecule has 21 heavy (non-hydrogen) atoms. The van der Waals surface area contributed by atoms with E-state index >= 15 is 0 Å². The van der Waals surface area contributed by atoms with Gasteiger partial charge in [0, 0.05) is 17.8 Å². The number of carboxylic acids is 1. The molecule has 2 aromatic carbocycles. The number of anilines is 1. The predicted molar refractivity (Wildman–Crippen MR) is 81.2 cm³/mol. The zero-order chi connectivity index (χ0) is 15.4. The lowest BCUT2D eigenvalue weighted by Crippen LogP contribution is -2.07. The molecule has 3 nitrogen and oxygen atoms in total. The molecule has 2 N–H and O–H groups in total. The van der Waals surface area contributed by atoms with E-state index in [1.54, 1.807) is 0 Å². The second-order valence-electron chi connectivity index (χ2n) is 5.21. The third-order valence-electron chi connectivity index (χ3n) is 3.34. The molecule has 0 aliphatic rings. The molecule has 0 atom stereocenters. The van der Waals surface area contributed by atoms with E-state index in [-0.39, 0.29) is 12.1 Å². The molecular formula is C17H18FNO2. The maximum Gasteiger partial charge on any atom is 0.335 e. The zero-order valence-electron chi connectivity index (χ0n) is 12.1. The number of carbonyl (C=O) groups is 1. The molecule has 2 aromatic rings. The molecule has 4 heteroatoms. The number of benzene rings is 2. The number of carboxylic acid groups (broad SMARTS) is 1. The van der Waals surface area contributed by atoms with Crippen LogP contribution in [0.1, 0.15) is 41.3 Å². The van der Waals surface area contributed by atoms with Gasteiger partial charge in [-0.05, 0) is 35.7 Å². The van der Waals surface area contributed by atoms with Gasteiger partial charge in [-0.3, -0.25) is 0 Å². The number of halogens is 1. The van der Waals surface area contributed by atoms with Crippen molar-refractivity contribution in [2.45, 2.75) is 26.3 Å². The van der Waals surface area contributed by atoms with Crippen molar-refractivity contribution in [3.8, 4) is 0 Å². The van der Waals surface area contributed by atoms with Crippen molar-refractivity contribution < 1.29 is 14.3 Å². The molecule has 0 unspecified atom stereocenters. The number of rotatable bonds is 5. The van der Waals surface area contributed by atoms with Crippen LogP contribution in [0.15, 0.2) is 42.5 Å². The lowest BCUT2D eigenvalue weighted by atomic mass is 10.0. The van der Waals surface area contributed by atoms with E-state index in [1.807, 2.05) is 24.3 Å². The van der Waals surface area contributed by atoms with Crippen LogP contribution < -0.4 is 5.32 Å². The average molecular weight is 287 g/mol. The van der Waals surface area contributed by atoms with Crippen molar-refractivity contribution in [2.24, 2.45) is 0 Å². The van der Waals surface area contributed by atoms with Crippen LogP contribution in [0.25, 0.3) is 0 Å². The van der Waals surface area contributed by atoms with Gasteiger partial charge in [-0.2, -0.15) is 0 Å². The molecule has 0 spiro atoms. The first-order valence-corrected chi connectivity index (χ1v) is 6.83. The molecule has 2 rings (SSSR count). The summed E-state index contributed by atoms with van der Waals surface area (Å²) in [5, 5.41) is 12.1. The summed E-state index contributed by atoms with van der Waals surface area (Å²) in [4.78, 5) is 10.9. The van der Waals surface area contributed by atoms with E-state index in [0.717, 1.165) is 11.3 Å². The van der Waals surface area contributed by atoms with Crippen molar-refractivity contribution >= 4 is 11.7 Å². The molecule has 0 saturated heterocycles. The van der Waals surface area contributed by atoms with Crippen molar-refractivity contribution in [1.82, 2.24) is 0 Å². The largest absolute Gasteiger partial charge is 0.478 e.